The molecular formula is C10H17N3O3. The van der Waals surface area contributed by atoms with E-state index in [9.17, 15) is 5.11 Å². The van der Waals surface area contributed by atoms with Gasteiger partial charge in [0.25, 0.3) is 0 Å². The van der Waals surface area contributed by atoms with E-state index in [4.69, 9.17) is 9.47 Å². The molecule has 1 atom stereocenters. The predicted octanol–water partition coefficient (Wildman–Crippen LogP) is -0.0793. The standard InChI is InChI=1S/C10H17N3O3/c1-15-5-3-13-9(6-14)11-12-10(13)8-2-4-16-7-8/h8,14H,2-7H2,1H3. The first kappa shape index (κ1) is 11.5. The fraction of sp³-hybridized carbons (Fsp3) is 0.800. The van der Waals surface area contributed by atoms with Gasteiger partial charge < -0.3 is 19.1 Å². The van der Waals surface area contributed by atoms with Gasteiger partial charge in [0, 0.05) is 26.2 Å². The number of aliphatic hydroxyl groups excluding tert-OH is 1. The van der Waals surface area contributed by atoms with Crippen LogP contribution in [-0.2, 0) is 22.6 Å². The molecule has 0 aromatic carbocycles. The Morgan fingerprint density at radius 2 is 2.44 bits per heavy atom. The molecule has 0 spiro atoms. The number of nitrogens with zero attached hydrogens (tertiary/aromatic N) is 3. The molecule has 1 saturated heterocycles. The third kappa shape index (κ3) is 2.23. The molecule has 1 aromatic heterocycles. The average Bonchev–Trinajstić information content (AvgIpc) is 2.94. The maximum absolute atomic E-state index is 9.18. The zero-order chi connectivity index (χ0) is 11.4. The van der Waals surface area contributed by atoms with Crippen LogP contribution < -0.4 is 0 Å². The first-order valence-corrected chi connectivity index (χ1v) is 5.46. The van der Waals surface area contributed by atoms with Crippen LogP contribution in [0.2, 0.25) is 0 Å². The van der Waals surface area contributed by atoms with Gasteiger partial charge in [-0.2, -0.15) is 0 Å². The maximum atomic E-state index is 9.18. The van der Waals surface area contributed by atoms with Gasteiger partial charge in [0.15, 0.2) is 5.82 Å². The van der Waals surface area contributed by atoms with E-state index in [-0.39, 0.29) is 6.61 Å². The Kier molecular flexibility index (Phi) is 3.87. The lowest BCUT2D eigenvalue weighted by Gasteiger charge is -2.11. The molecular weight excluding hydrogens is 210 g/mol. The van der Waals surface area contributed by atoms with Crippen LogP contribution in [0, 0.1) is 0 Å². The van der Waals surface area contributed by atoms with Crippen molar-refractivity contribution >= 4 is 0 Å². The molecule has 0 radical (unpaired) electrons. The van der Waals surface area contributed by atoms with Gasteiger partial charge in [-0.3, -0.25) is 0 Å². The van der Waals surface area contributed by atoms with Gasteiger partial charge in [-0.25, -0.2) is 0 Å². The summed E-state index contributed by atoms with van der Waals surface area (Å²) in [5.74, 6) is 1.79. The lowest BCUT2D eigenvalue weighted by molar-refractivity contribution is 0.178. The lowest BCUT2D eigenvalue weighted by Crippen LogP contribution is -2.14. The van der Waals surface area contributed by atoms with Crippen LogP contribution in [0.1, 0.15) is 24.0 Å². The summed E-state index contributed by atoms with van der Waals surface area (Å²) in [5, 5.41) is 17.3. The van der Waals surface area contributed by atoms with Crippen molar-refractivity contribution in [1.82, 2.24) is 14.8 Å². The molecule has 2 heterocycles. The minimum Gasteiger partial charge on any atom is -0.388 e. The highest BCUT2D eigenvalue weighted by Gasteiger charge is 2.24. The van der Waals surface area contributed by atoms with Crippen molar-refractivity contribution in [3.8, 4) is 0 Å². The van der Waals surface area contributed by atoms with Gasteiger partial charge in [0.2, 0.25) is 0 Å². The number of ether oxygens (including phenoxy) is 2. The van der Waals surface area contributed by atoms with Gasteiger partial charge in [-0.15, -0.1) is 10.2 Å². The molecule has 0 amide bonds. The Morgan fingerprint density at radius 3 is 3.06 bits per heavy atom. The van der Waals surface area contributed by atoms with Gasteiger partial charge >= 0.3 is 0 Å². The van der Waals surface area contributed by atoms with E-state index in [2.05, 4.69) is 10.2 Å². The van der Waals surface area contributed by atoms with E-state index < -0.39 is 0 Å². The number of aliphatic hydroxyl groups is 1. The highest BCUT2D eigenvalue weighted by Crippen LogP contribution is 2.24. The van der Waals surface area contributed by atoms with Crippen molar-refractivity contribution in [2.45, 2.75) is 25.5 Å². The molecule has 0 saturated carbocycles. The third-order valence-electron chi connectivity index (χ3n) is 2.81. The average molecular weight is 227 g/mol. The Balaban J connectivity index is 2.18. The molecule has 1 unspecified atom stereocenters. The van der Waals surface area contributed by atoms with Gasteiger partial charge in [0.05, 0.1) is 13.2 Å². The van der Waals surface area contributed by atoms with Crippen LogP contribution in [0.4, 0.5) is 0 Å². The fourth-order valence-corrected chi connectivity index (χ4v) is 1.93. The predicted molar refractivity (Wildman–Crippen MR) is 56.0 cm³/mol. The first-order chi connectivity index (χ1) is 7.86. The Hall–Kier alpha value is -0.980. The first-order valence-electron chi connectivity index (χ1n) is 5.46. The lowest BCUT2D eigenvalue weighted by atomic mass is 10.1. The number of methoxy groups -OCH3 is 1. The molecule has 16 heavy (non-hydrogen) atoms. The summed E-state index contributed by atoms with van der Waals surface area (Å²) in [6.07, 6.45) is 0.969. The summed E-state index contributed by atoms with van der Waals surface area (Å²) < 4.78 is 12.3. The Morgan fingerprint density at radius 1 is 1.56 bits per heavy atom. The monoisotopic (exact) mass is 227 g/mol. The van der Waals surface area contributed by atoms with Crippen molar-refractivity contribution in [3.05, 3.63) is 11.6 Å². The normalized spacial score (nSPS) is 20.5. The summed E-state index contributed by atoms with van der Waals surface area (Å²) in [6.45, 7) is 2.63. The SMILES string of the molecule is COCCn1c(CO)nnc1C1CCOC1. The van der Waals surface area contributed by atoms with E-state index >= 15 is 0 Å². The third-order valence-corrected chi connectivity index (χ3v) is 2.81. The smallest absolute Gasteiger partial charge is 0.158 e. The van der Waals surface area contributed by atoms with Crippen LogP contribution in [0.5, 0.6) is 0 Å². The molecule has 90 valence electrons. The quantitative estimate of drug-likeness (QED) is 0.762. The highest BCUT2D eigenvalue weighted by atomic mass is 16.5. The van der Waals surface area contributed by atoms with E-state index in [1.165, 1.54) is 0 Å². The summed E-state index contributed by atoms with van der Waals surface area (Å²) in [7, 11) is 1.65. The van der Waals surface area contributed by atoms with Gasteiger partial charge in [-0.1, -0.05) is 0 Å². The molecule has 1 aliphatic rings. The van der Waals surface area contributed by atoms with Crippen LogP contribution >= 0.6 is 0 Å². The summed E-state index contributed by atoms with van der Waals surface area (Å²) in [4.78, 5) is 0. The fourth-order valence-electron chi connectivity index (χ4n) is 1.93. The minimum atomic E-state index is -0.0930. The highest BCUT2D eigenvalue weighted by molar-refractivity contribution is 5.03. The largest absolute Gasteiger partial charge is 0.388 e. The van der Waals surface area contributed by atoms with E-state index in [0.717, 1.165) is 18.9 Å². The van der Waals surface area contributed by atoms with Crippen molar-refractivity contribution in [3.63, 3.8) is 0 Å². The van der Waals surface area contributed by atoms with E-state index in [1.807, 2.05) is 4.57 Å². The summed E-state index contributed by atoms with van der Waals surface area (Å²) >= 11 is 0. The zero-order valence-corrected chi connectivity index (χ0v) is 9.43. The molecule has 1 fully saturated rings. The van der Waals surface area contributed by atoms with E-state index in [0.29, 0.717) is 31.5 Å². The second-order valence-electron chi connectivity index (χ2n) is 3.84. The molecule has 1 aliphatic heterocycles. The second-order valence-corrected chi connectivity index (χ2v) is 3.84. The molecule has 6 heteroatoms. The Bertz CT molecular complexity index is 334. The summed E-state index contributed by atoms with van der Waals surface area (Å²) in [6, 6.07) is 0. The van der Waals surface area contributed by atoms with Crippen molar-refractivity contribution in [2.24, 2.45) is 0 Å². The van der Waals surface area contributed by atoms with Gasteiger partial charge in [-0.05, 0) is 6.42 Å². The zero-order valence-electron chi connectivity index (χ0n) is 9.43. The molecule has 1 aromatic rings. The number of hydrogen-bond acceptors (Lipinski definition) is 5. The molecule has 0 bridgehead atoms. The summed E-state index contributed by atoms with van der Waals surface area (Å²) in [5.41, 5.74) is 0. The van der Waals surface area contributed by atoms with Crippen molar-refractivity contribution in [2.75, 3.05) is 26.9 Å². The molecule has 6 nitrogen and oxygen atoms in total. The number of hydrogen-bond donors (Lipinski definition) is 1. The van der Waals surface area contributed by atoms with Crippen molar-refractivity contribution in [1.29, 1.82) is 0 Å². The molecule has 1 N–H and O–H groups in total. The topological polar surface area (TPSA) is 69.4 Å². The van der Waals surface area contributed by atoms with Crippen molar-refractivity contribution < 1.29 is 14.6 Å². The van der Waals surface area contributed by atoms with Crippen LogP contribution in [0.25, 0.3) is 0 Å². The Labute approximate surface area is 94.2 Å². The van der Waals surface area contributed by atoms with E-state index in [1.54, 1.807) is 7.11 Å². The van der Waals surface area contributed by atoms with Crippen LogP contribution in [0.15, 0.2) is 0 Å². The molecule has 2 rings (SSSR count). The second kappa shape index (κ2) is 5.38. The number of rotatable bonds is 5. The van der Waals surface area contributed by atoms with Gasteiger partial charge in [0.1, 0.15) is 12.4 Å². The van der Waals surface area contributed by atoms with Crippen LogP contribution in [-0.4, -0.2) is 46.8 Å². The maximum Gasteiger partial charge on any atom is 0.158 e. The minimum absolute atomic E-state index is 0.0930. The number of aromatic nitrogens is 3. The molecule has 0 aliphatic carbocycles. The van der Waals surface area contributed by atoms with Crippen LogP contribution in [0.3, 0.4) is 0 Å².